The second-order valence-corrected chi connectivity index (χ2v) is 7.55. The van der Waals surface area contributed by atoms with E-state index < -0.39 is 11.7 Å². The van der Waals surface area contributed by atoms with Crippen LogP contribution in [0.1, 0.15) is 31.4 Å². The van der Waals surface area contributed by atoms with Crippen LogP contribution in [0.15, 0.2) is 23.2 Å². The Morgan fingerprint density at radius 1 is 1.46 bits per heavy atom. The van der Waals surface area contributed by atoms with E-state index in [-0.39, 0.29) is 18.1 Å². The molecular formula is C19H25F2N4O+. The Balaban J connectivity index is 1.56. The quantitative estimate of drug-likeness (QED) is 0.811. The van der Waals surface area contributed by atoms with Crippen LogP contribution in [0.25, 0.3) is 0 Å². The van der Waals surface area contributed by atoms with Gasteiger partial charge in [0.15, 0.2) is 5.67 Å². The van der Waals surface area contributed by atoms with Crippen LogP contribution in [0.5, 0.6) is 0 Å². The molecule has 3 rings (SSSR count). The number of carbonyl (C=O) groups excluding carboxylic acids is 1. The van der Waals surface area contributed by atoms with Crippen LogP contribution in [-0.2, 0) is 11.2 Å². The van der Waals surface area contributed by atoms with Gasteiger partial charge in [0.2, 0.25) is 5.91 Å². The Bertz CT molecular complexity index is 795. The van der Waals surface area contributed by atoms with Gasteiger partial charge in [-0.2, -0.15) is 0 Å². The highest BCUT2D eigenvalue weighted by atomic mass is 19.1. The highest BCUT2D eigenvalue weighted by molar-refractivity contribution is 6.06. The van der Waals surface area contributed by atoms with Crippen LogP contribution < -0.4 is 5.73 Å². The molecule has 2 aliphatic heterocycles. The zero-order valence-electron chi connectivity index (χ0n) is 15.4. The molecule has 5 nitrogen and oxygen atoms in total. The van der Waals surface area contributed by atoms with E-state index in [9.17, 15) is 13.6 Å². The summed E-state index contributed by atoms with van der Waals surface area (Å²) in [5, 5.41) is 0. The Kier molecular flexibility index (Phi) is 4.92. The molecule has 2 N–H and O–H groups in total. The number of piperazine rings is 1. The van der Waals surface area contributed by atoms with Crippen molar-refractivity contribution < 1.29 is 18.2 Å². The van der Waals surface area contributed by atoms with Crippen LogP contribution >= 0.6 is 0 Å². The van der Waals surface area contributed by atoms with E-state index in [4.69, 9.17) is 5.73 Å². The van der Waals surface area contributed by atoms with E-state index >= 15 is 0 Å². The summed E-state index contributed by atoms with van der Waals surface area (Å²) in [5.41, 5.74) is 6.09. The average Bonchev–Trinajstić information content (AvgIpc) is 2.50. The number of carbonyl (C=O) groups is 1. The topological polar surface area (TPSA) is 61.7 Å². The average molecular weight is 363 g/mol. The number of aliphatic imine (C=N–C) groups is 1. The summed E-state index contributed by atoms with van der Waals surface area (Å²) in [5.74, 6) is 0.753. The molecule has 7 heteroatoms. The van der Waals surface area contributed by atoms with E-state index in [1.54, 1.807) is 17.0 Å². The SMILES string of the molecule is Cc1ccc(F)c(CC(N)CC(=O)N2CC[N+]3=C(C(C)(C)F)N=C3C2)c1. The first-order valence-electron chi connectivity index (χ1n) is 8.85. The van der Waals surface area contributed by atoms with Gasteiger partial charge in [0, 0.05) is 12.5 Å². The number of alkyl halides is 1. The van der Waals surface area contributed by atoms with Gasteiger partial charge in [-0.15, -0.1) is 0 Å². The van der Waals surface area contributed by atoms with Crippen molar-refractivity contribution in [2.75, 3.05) is 19.6 Å². The van der Waals surface area contributed by atoms with E-state index in [0.717, 1.165) is 5.56 Å². The van der Waals surface area contributed by atoms with Crippen LogP contribution in [-0.4, -0.2) is 58.4 Å². The standard InChI is InChI=1S/C19H25F2N4O/c1-12-4-5-15(20)13(8-12)9-14(22)10-17(26)24-6-7-25-16(11-24)23-18(25)19(2,3)21/h4-5,8,14H,6-7,9-11,22H2,1-3H3/q+1. The highest BCUT2D eigenvalue weighted by Gasteiger charge is 2.43. The molecule has 1 atom stereocenters. The number of amides is 1. The number of hydrogen-bond acceptors (Lipinski definition) is 3. The molecule has 0 bridgehead atoms. The smallest absolute Gasteiger partial charge is 0.279 e. The predicted octanol–water partition coefficient (Wildman–Crippen LogP) is 1.81. The van der Waals surface area contributed by atoms with Crippen molar-refractivity contribution in [1.29, 1.82) is 0 Å². The molecule has 0 aromatic heterocycles. The van der Waals surface area contributed by atoms with Gasteiger partial charge in [-0.3, -0.25) is 4.79 Å². The van der Waals surface area contributed by atoms with Gasteiger partial charge in [0.05, 0.1) is 13.1 Å². The lowest BCUT2D eigenvalue weighted by atomic mass is 10.0. The summed E-state index contributed by atoms with van der Waals surface area (Å²) in [4.78, 5) is 18.4. The van der Waals surface area contributed by atoms with Gasteiger partial charge in [0.25, 0.3) is 11.7 Å². The zero-order chi connectivity index (χ0) is 19.1. The summed E-state index contributed by atoms with van der Waals surface area (Å²) in [6.07, 6.45) is 0.458. The van der Waals surface area contributed by atoms with Crippen molar-refractivity contribution in [3.05, 3.63) is 35.1 Å². The Hall–Kier alpha value is -2.15. The minimum atomic E-state index is -1.48. The zero-order valence-corrected chi connectivity index (χ0v) is 15.4. The molecule has 0 radical (unpaired) electrons. The van der Waals surface area contributed by atoms with Gasteiger partial charge in [-0.25, -0.2) is 13.4 Å². The molecule has 0 spiro atoms. The highest BCUT2D eigenvalue weighted by Crippen LogP contribution is 2.21. The van der Waals surface area contributed by atoms with E-state index in [1.165, 1.54) is 19.9 Å². The first-order chi connectivity index (χ1) is 12.1. The summed E-state index contributed by atoms with van der Waals surface area (Å²) in [7, 11) is 0. The molecule has 2 heterocycles. The Morgan fingerprint density at radius 2 is 2.19 bits per heavy atom. The van der Waals surface area contributed by atoms with Gasteiger partial charge in [-0.1, -0.05) is 22.7 Å². The van der Waals surface area contributed by atoms with Crippen LogP contribution in [0.3, 0.4) is 0 Å². The molecular weight excluding hydrogens is 338 g/mol. The van der Waals surface area contributed by atoms with Crippen molar-refractivity contribution in [1.82, 2.24) is 4.90 Å². The summed E-state index contributed by atoms with van der Waals surface area (Å²) >= 11 is 0. The number of rotatable bonds is 5. The van der Waals surface area contributed by atoms with E-state index in [1.807, 2.05) is 11.5 Å². The number of halogens is 2. The summed E-state index contributed by atoms with van der Waals surface area (Å²) in [6.45, 7) is 6.25. The second kappa shape index (κ2) is 6.87. The molecule has 1 aromatic rings. The predicted molar refractivity (Wildman–Crippen MR) is 96.8 cm³/mol. The van der Waals surface area contributed by atoms with Crippen LogP contribution in [0, 0.1) is 12.7 Å². The van der Waals surface area contributed by atoms with Gasteiger partial charge < -0.3 is 10.6 Å². The van der Waals surface area contributed by atoms with Crippen molar-refractivity contribution in [2.24, 2.45) is 10.7 Å². The number of amidine groups is 2. The first-order valence-corrected chi connectivity index (χ1v) is 8.85. The number of aryl methyl sites for hydroxylation is 1. The third kappa shape index (κ3) is 3.82. The third-order valence-corrected chi connectivity index (χ3v) is 4.73. The fraction of sp³-hybridized carbons (Fsp3) is 0.526. The molecule has 1 aromatic carbocycles. The minimum absolute atomic E-state index is 0.0825. The fourth-order valence-corrected chi connectivity index (χ4v) is 3.38. The molecule has 0 saturated carbocycles. The number of benzene rings is 1. The van der Waals surface area contributed by atoms with E-state index in [2.05, 4.69) is 4.99 Å². The van der Waals surface area contributed by atoms with Crippen molar-refractivity contribution in [3.63, 3.8) is 0 Å². The summed E-state index contributed by atoms with van der Waals surface area (Å²) < 4.78 is 29.7. The number of nitrogens with zero attached hydrogens (tertiary/aromatic N) is 3. The van der Waals surface area contributed by atoms with Gasteiger partial charge in [0.1, 0.15) is 12.4 Å². The number of nitrogens with two attached hydrogens (primary N) is 1. The summed E-state index contributed by atoms with van der Waals surface area (Å²) in [6, 6.07) is 4.44. The third-order valence-electron chi connectivity index (χ3n) is 4.73. The van der Waals surface area contributed by atoms with E-state index in [0.29, 0.717) is 43.3 Å². The van der Waals surface area contributed by atoms with Crippen LogP contribution in [0.4, 0.5) is 8.78 Å². The molecule has 1 fully saturated rings. The number of fused-ring (bicyclic) bond motifs is 1. The Morgan fingerprint density at radius 3 is 2.85 bits per heavy atom. The molecule has 0 aliphatic carbocycles. The van der Waals surface area contributed by atoms with Crippen LogP contribution in [0.2, 0.25) is 0 Å². The van der Waals surface area contributed by atoms with Crippen molar-refractivity contribution in [2.45, 2.75) is 45.3 Å². The second-order valence-electron chi connectivity index (χ2n) is 7.55. The molecule has 1 amide bonds. The molecule has 140 valence electrons. The molecule has 1 saturated heterocycles. The van der Waals surface area contributed by atoms with Gasteiger partial charge >= 0.3 is 0 Å². The first kappa shape index (κ1) is 18.6. The maximum atomic E-state index is 14.0. The minimum Gasteiger partial charge on any atom is -0.329 e. The van der Waals surface area contributed by atoms with Crippen molar-refractivity contribution >= 4 is 17.6 Å². The largest absolute Gasteiger partial charge is 0.329 e. The normalized spacial score (nSPS) is 18.2. The lowest BCUT2D eigenvalue weighted by Crippen LogP contribution is -2.57. The van der Waals surface area contributed by atoms with Gasteiger partial charge in [-0.05, 0) is 38.8 Å². The Labute approximate surface area is 152 Å². The molecule has 26 heavy (non-hydrogen) atoms. The van der Waals surface area contributed by atoms with Crippen molar-refractivity contribution in [3.8, 4) is 0 Å². The fourth-order valence-electron chi connectivity index (χ4n) is 3.38. The lowest BCUT2D eigenvalue weighted by molar-refractivity contribution is -0.437. The number of hydrogen-bond donors (Lipinski definition) is 1. The maximum absolute atomic E-state index is 14.0. The maximum Gasteiger partial charge on any atom is 0.279 e. The lowest BCUT2D eigenvalue weighted by Gasteiger charge is -2.33. The molecule has 1 unspecified atom stereocenters. The molecule has 2 aliphatic rings. The monoisotopic (exact) mass is 363 g/mol.